The molecular formula is C12H20N4O3S2. The van der Waals surface area contributed by atoms with Gasteiger partial charge in [-0.05, 0) is 13.8 Å². The molecule has 0 unspecified atom stereocenters. The van der Waals surface area contributed by atoms with Crippen LogP contribution in [0.15, 0.2) is 0 Å². The van der Waals surface area contributed by atoms with E-state index in [1.54, 1.807) is 18.3 Å². The van der Waals surface area contributed by atoms with Gasteiger partial charge in [0.1, 0.15) is 5.01 Å². The van der Waals surface area contributed by atoms with Crippen molar-refractivity contribution in [3.8, 4) is 0 Å². The van der Waals surface area contributed by atoms with Crippen LogP contribution >= 0.6 is 11.3 Å². The zero-order chi connectivity index (χ0) is 15.0. The third kappa shape index (κ3) is 3.20. The number of sulfonamides is 1. The molecule has 1 N–H and O–H groups in total. The van der Waals surface area contributed by atoms with E-state index in [0.717, 1.165) is 23.2 Å². The molecule has 2 aliphatic heterocycles. The quantitative estimate of drug-likeness (QED) is 0.831. The van der Waals surface area contributed by atoms with E-state index >= 15 is 0 Å². The SMILES string of the molecule is CCS(=O)(=O)NC[C@H]1CO[C@@H]2CN(c3nnc(C)s3)C[C@H]12. The molecule has 1 aromatic heterocycles. The summed E-state index contributed by atoms with van der Waals surface area (Å²) in [5.41, 5.74) is 0. The lowest BCUT2D eigenvalue weighted by Crippen LogP contribution is -2.35. The molecule has 0 aliphatic carbocycles. The maximum atomic E-state index is 11.6. The zero-order valence-electron chi connectivity index (χ0n) is 12.2. The van der Waals surface area contributed by atoms with E-state index in [1.807, 2.05) is 6.92 Å². The lowest BCUT2D eigenvalue weighted by Gasteiger charge is -2.18. The molecule has 1 aromatic rings. The van der Waals surface area contributed by atoms with Crippen molar-refractivity contribution >= 4 is 26.5 Å². The number of aryl methyl sites for hydroxylation is 1. The van der Waals surface area contributed by atoms with Gasteiger partial charge in [-0.3, -0.25) is 0 Å². The summed E-state index contributed by atoms with van der Waals surface area (Å²) >= 11 is 1.58. The van der Waals surface area contributed by atoms with E-state index in [-0.39, 0.29) is 17.8 Å². The molecular weight excluding hydrogens is 312 g/mol. The molecule has 3 rings (SSSR count). The third-order valence-electron chi connectivity index (χ3n) is 4.17. The highest BCUT2D eigenvalue weighted by molar-refractivity contribution is 7.89. The fourth-order valence-electron chi connectivity index (χ4n) is 2.92. The van der Waals surface area contributed by atoms with E-state index in [1.165, 1.54) is 0 Å². The second-order valence-corrected chi connectivity index (χ2v) is 8.81. The predicted octanol–water partition coefficient (Wildman–Crippen LogP) is 0.237. The van der Waals surface area contributed by atoms with Gasteiger partial charge in [0.05, 0.1) is 18.5 Å². The highest BCUT2D eigenvalue weighted by atomic mass is 32.2. The lowest BCUT2D eigenvalue weighted by molar-refractivity contribution is 0.111. The van der Waals surface area contributed by atoms with Crippen molar-refractivity contribution in [3.05, 3.63) is 5.01 Å². The lowest BCUT2D eigenvalue weighted by atomic mass is 9.93. The Hall–Kier alpha value is -0.770. The topological polar surface area (TPSA) is 84.4 Å². The Kier molecular flexibility index (Phi) is 4.17. The molecule has 0 radical (unpaired) electrons. The summed E-state index contributed by atoms with van der Waals surface area (Å²) in [5.74, 6) is 0.703. The van der Waals surface area contributed by atoms with Gasteiger partial charge >= 0.3 is 0 Å². The summed E-state index contributed by atoms with van der Waals surface area (Å²) in [6.07, 6.45) is 0.172. The fourth-order valence-corrected chi connectivity index (χ4v) is 4.29. The minimum absolute atomic E-state index is 0.116. The Bertz CT molecular complexity index is 603. The van der Waals surface area contributed by atoms with Crippen LogP contribution in [0.25, 0.3) is 0 Å². The number of aromatic nitrogens is 2. The first-order valence-corrected chi connectivity index (χ1v) is 9.59. The van der Waals surface area contributed by atoms with Crippen LogP contribution in [-0.2, 0) is 14.8 Å². The first-order chi connectivity index (χ1) is 9.98. The molecule has 3 heterocycles. The number of rotatable bonds is 5. The molecule has 118 valence electrons. The number of hydrogen-bond acceptors (Lipinski definition) is 7. The van der Waals surface area contributed by atoms with Crippen LogP contribution in [0.5, 0.6) is 0 Å². The van der Waals surface area contributed by atoms with E-state index in [0.29, 0.717) is 19.1 Å². The molecule has 2 fully saturated rings. The van der Waals surface area contributed by atoms with E-state index < -0.39 is 10.0 Å². The van der Waals surface area contributed by atoms with Gasteiger partial charge in [0.25, 0.3) is 0 Å². The highest BCUT2D eigenvalue weighted by Crippen LogP contribution is 2.36. The van der Waals surface area contributed by atoms with E-state index in [2.05, 4.69) is 19.8 Å². The fraction of sp³-hybridized carbons (Fsp3) is 0.833. The van der Waals surface area contributed by atoms with Crippen LogP contribution in [0.1, 0.15) is 11.9 Å². The van der Waals surface area contributed by atoms with Gasteiger partial charge in [0.15, 0.2) is 0 Å². The van der Waals surface area contributed by atoms with Crippen LogP contribution in [0.4, 0.5) is 5.13 Å². The standard InChI is InChI=1S/C12H20N4O3S2/c1-3-21(17,18)13-4-9-7-19-11-6-16(5-10(9)11)12-15-14-8(2)20-12/h9-11,13H,3-7H2,1-2H3/t9-,10+,11+/m0/s1. The molecule has 2 saturated heterocycles. The first-order valence-electron chi connectivity index (χ1n) is 7.12. The van der Waals surface area contributed by atoms with E-state index in [4.69, 9.17) is 4.74 Å². The summed E-state index contributed by atoms with van der Waals surface area (Å²) in [7, 11) is -3.14. The molecule has 0 bridgehead atoms. The Morgan fingerprint density at radius 3 is 2.90 bits per heavy atom. The van der Waals surface area contributed by atoms with Gasteiger partial charge < -0.3 is 9.64 Å². The predicted molar refractivity (Wildman–Crippen MR) is 81.0 cm³/mol. The number of hydrogen-bond donors (Lipinski definition) is 1. The van der Waals surface area contributed by atoms with Crippen molar-refractivity contribution < 1.29 is 13.2 Å². The van der Waals surface area contributed by atoms with Gasteiger partial charge in [-0.25, -0.2) is 13.1 Å². The van der Waals surface area contributed by atoms with Crippen molar-refractivity contribution in [1.29, 1.82) is 0 Å². The molecule has 9 heteroatoms. The maximum Gasteiger partial charge on any atom is 0.211 e. The minimum atomic E-state index is -3.14. The summed E-state index contributed by atoms with van der Waals surface area (Å²) in [5, 5.41) is 10.1. The minimum Gasteiger partial charge on any atom is -0.376 e. The molecule has 7 nitrogen and oxygen atoms in total. The molecule has 0 amide bonds. The van der Waals surface area contributed by atoms with Crippen LogP contribution < -0.4 is 9.62 Å². The summed E-state index contributed by atoms with van der Waals surface area (Å²) in [4.78, 5) is 2.19. The molecule has 0 aromatic carbocycles. The summed E-state index contributed by atoms with van der Waals surface area (Å²) in [6, 6.07) is 0. The Morgan fingerprint density at radius 1 is 1.43 bits per heavy atom. The average molecular weight is 332 g/mol. The van der Waals surface area contributed by atoms with Crippen molar-refractivity contribution in [2.45, 2.75) is 20.0 Å². The Morgan fingerprint density at radius 2 is 2.24 bits per heavy atom. The molecule has 2 aliphatic rings. The largest absolute Gasteiger partial charge is 0.376 e. The van der Waals surface area contributed by atoms with Crippen LogP contribution in [0.3, 0.4) is 0 Å². The van der Waals surface area contributed by atoms with Crippen LogP contribution in [0, 0.1) is 18.8 Å². The van der Waals surface area contributed by atoms with Crippen molar-refractivity contribution in [3.63, 3.8) is 0 Å². The third-order valence-corrected chi connectivity index (χ3v) is 6.44. The molecule has 0 saturated carbocycles. The van der Waals surface area contributed by atoms with Crippen molar-refractivity contribution in [2.24, 2.45) is 11.8 Å². The van der Waals surface area contributed by atoms with Crippen molar-refractivity contribution in [1.82, 2.24) is 14.9 Å². The second-order valence-electron chi connectivity index (χ2n) is 5.56. The van der Waals surface area contributed by atoms with Gasteiger partial charge in [-0.1, -0.05) is 11.3 Å². The van der Waals surface area contributed by atoms with Gasteiger partial charge in [-0.2, -0.15) is 0 Å². The van der Waals surface area contributed by atoms with Crippen LogP contribution in [0.2, 0.25) is 0 Å². The highest BCUT2D eigenvalue weighted by Gasteiger charge is 2.44. The normalized spacial score (nSPS) is 29.0. The summed E-state index contributed by atoms with van der Waals surface area (Å²) < 4.78 is 31.6. The molecule has 0 spiro atoms. The monoisotopic (exact) mass is 332 g/mol. The van der Waals surface area contributed by atoms with Gasteiger partial charge in [0, 0.05) is 31.5 Å². The summed E-state index contributed by atoms with van der Waals surface area (Å²) in [6.45, 7) is 6.35. The average Bonchev–Trinajstić information content (AvgIpc) is 3.11. The van der Waals surface area contributed by atoms with E-state index in [9.17, 15) is 8.42 Å². The molecule has 21 heavy (non-hydrogen) atoms. The van der Waals surface area contributed by atoms with Gasteiger partial charge in [0.2, 0.25) is 15.2 Å². The number of ether oxygens (including phenoxy) is 1. The number of nitrogens with one attached hydrogen (secondary N) is 1. The zero-order valence-corrected chi connectivity index (χ0v) is 13.8. The second kappa shape index (κ2) is 5.79. The number of nitrogens with zero attached hydrogens (tertiary/aromatic N) is 3. The Labute approximate surface area is 128 Å². The van der Waals surface area contributed by atoms with Crippen molar-refractivity contribution in [2.75, 3.05) is 36.9 Å². The molecule has 3 atom stereocenters. The first kappa shape index (κ1) is 15.1. The number of fused-ring (bicyclic) bond motifs is 1. The smallest absolute Gasteiger partial charge is 0.211 e. The number of anilines is 1. The Balaban J connectivity index is 1.61. The maximum absolute atomic E-state index is 11.6. The van der Waals surface area contributed by atoms with Crippen LogP contribution in [-0.4, -0.2) is 56.7 Å². The van der Waals surface area contributed by atoms with Gasteiger partial charge in [-0.15, -0.1) is 10.2 Å².